The number of likely N-dealkylation sites (tertiary alicyclic amines) is 1. The molecule has 0 aromatic carbocycles. The molecule has 214 valence electrons. The van der Waals surface area contributed by atoms with Crippen LogP contribution >= 0.6 is 0 Å². The van der Waals surface area contributed by atoms with Crippen molar-refractivity contribution in [2.75, 3.05) is 0 Å². The Hall–Kier alpha value is -1.39. The van der Waals surface area contributed by atoms with Crippen LogP contribution in [0.5, 0.6) is 0 Å². The molecule has 5 heteroatoms. The third-order valence-corrected chi connectivity index (χ3v) is 13.4. The fourth-order valence-electron chi connectivity index (χ4n) is 9.43. The first-order chi connectivity index (χ1) is 17.6. The second kappa shape index (κ2) is 9.06. The van der Waals surface area contributed by atoms with E-state index in [9.17, 15) is 14.4 Å². The van der Waals surface area contributed by atoms with E-state index in [0.717, 1.165) is 37.0 Å². The SMILES string of the molecule is CCC(C)(C)C(=O)N1C(=O)C2C3CC(C4CCCC43)C21.CCC(C)(C)C(=O)OC1CC2CCC1(C)C2(C)C. The molecule has 6 rings (SSSR count). The molecular weight excluding hydrogens is 474 g/mol. The van der Waals surface area contributed by atoms with Gasteiger partial charge in [-0.2, -0.15) is 0 Å². The van der Waals surface area contributed by atoms with Gasteiger partial charge in [-0.05, 0) is 100 Å². The van der Waals surface area contributed by atoms with Crippen molar-refractivity contribution in [3.63, 3.8) is 0 Å². The van der Waals surface area contributed by atoms with Crippen molar-refractivity contribution in [3.8, 4) is 0 Å². The highest BCUT2D eigenvalue weighted by atomic mass is 16.5. The summed E-state index contributed by atoms with van der Waals surface area (Å²) < 4.78 is 5.90. The number of nitrogens with zero attached hydrogens (tertiary/aromatic N) is 1. The Morgan fingerprint density at radius 2 is 1.50 bits per heavy atom. The molecule has 1 heterocycles. The highest BCUT2D eigenvalue weighted by Crippen LogP contribution is 2.67. The zero-order chi connectivity index (χ0) is 28.0. The van der Waals surface area contributed by atoms with Gasteiger partial charge in [0.25, 0.3) is 0 Å². The lowest BCUT2D eigenvalue weighted by atomic mass is 9.66. The van der Waals surface area contributed by atoms with Gasteiger partial charge in [0.1, 0.15) is 6.10 Å². The van der Waals surface area contributed by atoms with Crippen LogP contribution < -0.4 is 0 Å². The largest absolute Gasteiger partial charge is 0.461 e. The molecule has 1 aliphatic heterocycles. The van der Waals surface area contributed by atoms with Gasteiger partial charge in [0.05, 0.1) is 17.4 Å². The van der Waals surface area contributed by atoms with Gasteiger partial charge in [0.2, 0.25) is 11.8 Å². The molecule has 9 unspecified atom stereocenters. The van der Waals surface area contributed by atoms with Crippen LogP contribution in [-0.4, -0.2) is 34.8 Å². The Morgan fingerprint density at radius 1 is 0.895 bits per heavy atom. The van der Waals surface area contributed by atoms with E-state index in [0.29, 0.717) is 17.3 Å². The van der Waals surface area contributed by atoms with Gasteiger partial charge in [-0.25, -0.2) is 0 Å². The van der Waals surface area contributed by atoms with Crippen LogP contribution in [0.4, 0.5) is 0 Å². The van der Waals surface area contributed by atoms with Crippen LogP contribution in [0.25, 0.3) is 0 Å². The van der Waals surface area contributed by atoms with Gasteiger partial charge in [0.15, 0.2) is 0 Å². The number of β-lactam (4-membered cyclic amide) rings is 1. The zero-order valence-electron chi connectivity index (χ0n) is 25.6. The number of hydrogen-bond acceptors (Lipinski definition) is 4. The molecular formula is C33H53NO4. The van der Waals surface area contributed by atoms with Gasteiger partial charge in [-0.1, -0.05) is 54.9 Å². The molecule has 5 saturated carbocycles. The van der Waals surface area contributed by atoms with Crippen LogP contribution in [0.15, 0.2) is 0 Å². The fraction of sp³-hybridized carbons (Fsp3) is 0.909. The number of hydrogen-bond donors (Lipinski definition) is 0. The minimum Gasteiger partial charge on any atom is -0.461 e. The van der Waals surface area contributed by atoms with Crippen molar-refractivity contribution in [1.29, 1.82) is 0 Å². The van der Waals surface area contributed by atoms with E-state index < -0.39 is 5.41 Å². The number of carbonyl (C=O) groups is 3. The predicted molar refractivity (Wildman–Crippen MR) is 149 cm³/mol. The summed E-state index contributed by atoms with van der Waals surface area (Å²) >= 11 is 0. The van der Waals surface area contributed by atoms with E-state index >= 15 is 0 Å². The van der Waals surface area contributed by atoms with Crippen molar-refractivity contribution >= 4 is 17.8 Å². The molecule has 0 N–H and O–H groups in total. The third kappa shape index (κ3) is 3.79. The number of rotatable bonds is 5. The lowest BCUT2D eigenvalue weighted by molar-refractivity contribution is -0.178. The minimum absolute atomic E-state index is 0.0143. The fourth-order valence-corrected chi connectivity index (χ4v) is 9.43. The molecule has 4 bridgehead atoms. The van der Waals surface area contributed by atoms with E-state index in [1.165, 1.54) is 38.5 Å². The van der Waals surface area contributed by atoms with Crippen molar-refractivity contribution in [2.45, 2.75) is 132 Å². The molecule has 6 fully saturated rings. The molecule has 1 saturated heterocycles. The standard InChI is InChI=1S/C17H25NO2.C16H28O2/c1-4-17(2,3)16(20)18-14-12-8-11(13(14)15(18)19)9-6-5-7-10(9)12;1-7-14(2,3)13(17)18-12-10-11-8-9-16(12,6)15(11,4)5/h9-14H,4-8H2,1-3H3;11-12H,7-10H2,1-6H3. The lowest BCUT2D eigenvalue weighted by Crippen LogP contribution is -2.68. The topological polar surface area (TPSA) is 63.7 Å². The number of imide groups is 1. The molecule has 0 spiro atoms. The Morgan fingerprint density at radius 3 is 2.03 bits per heavy atom. The van der Waals surface area contributed by atoms with E-state index in [2.05, 4.69) is 20.8 Å². The van der Waals surface area contributed by atoms with Crippen LogP contribution in [-0.2, 0) is 19.1 Å². The number of fused-ring (bicyclic) bond motifs is 10. The molecule has 5 nitrogen and oxygen atoms in total. The highest BCUT2D eigenvalue weighted by molar-refractivity contribution is 6.04. The minimum atomic E-state index is -0.391. The third-order valence-electron chi connectivity index (χ3n) is 13.4. The molecule has 5 aliphatic carbocycles. The van der Waals surface area contributed by atoms with Crippen molar-refractivity contribution in [3.05, 3.63) is 0 Å². The smallest absolute Gasteiger partial charge is 0.311 e. The molecule has 0 aromatic rings. The van der Waals surface area contributed by atoms with E-state index in [4.69, 9.17) is 4.74 Å². The average molecular weight is 528 g/mol. The van der Waals surface area contributed by atoms with E-state index in [-0.39, 0.29) is 46.7 Å². The Balaban J connectivity index is 0.000000156. The first-order valence-corrected chi connectivity index (χ1v) is 15.7. The summed E-state index contributed by atoms with van der Waals surface area (Å²) in [6.07, 6.45) is 10.6. The highest BCUT2D eigenvalue weighted by Gasteiger charge is 2.70. The maximum atomic E-state index is 12.7. The zero-order valence-corrected chi connectivity index (χ0v) is 25.6. The summed E-state index contributed by atoms with van der Waals surface area (Å²) in [5, 5.41) is 0. The predicted octanol–water partition coefficient (Wildman–Crippen LogP) is 7.02. The van der Waals surface area contributed by atoms with Gasteiger partial charge in [0, 0.05) is 10.8 Å². The van der Waals surface area contributed by atoms with Crippen LogP contribution in [0.2, 0.25) is 0 Å². The Kier molecular flexibility index (Phi) is 6.71. The molecule has 38 heavy (non-hydrogen) atoms. The maximum absolute atomic E-state index is 12.7. The summed E-state index contributed by atoms with van der Waals surface area (Å²) in [6, 6.07) is 0.269. The van der Waals surface area contributed by atoms with Gasteiger partial charge in [-0.15, -0.1) is 0 Å². The van der Waals surface area contributed by atoms with Crippen molar-refractivity contribution < 1.29 is 19.1 Å². The molecule has 6 aliphatic rings. The summed E-state index contributed by atoms with van der Waals surface area (Å²) in [5.74, 6) is 4.01. The Bertz CT molecular complexity index is 997. The van der Waals surface area contributed by atoms with Crippen LogP contribution in [0.1, 0.15) is 120 Å². The maximum Gasteiger partial charge on any atom is 0.311 e. The second-order valence-corrected chi connectivity index (χ2v) is 15.8. The van der Waals surface area contributed by atoms with Crippen molar-refractivity contribution in [2.24, 2.45) is 57.2 Å². The van der Waals surface area contributed by atoms with Gasteiger partial charge in [-0.3, -0.25) is 19.3 Å². The number of carbonyl (C=O) groups excluding carboxylic acids is 3. The van der Waals surface area contributed by atoms with Gasteiger partial charge >= 0.3 is 5.97 Å². The molecule has 2 amide bonds. The molecule has 0 aromatic heterocycles. The number of esters is 1. The first-order valence-electron chi connectivity index (χ1n) is 15.7. The average Bonchev–Trinajstić information content (AvgIpc) is 3.63. The van der Waals surface area contributed by atoms with Crippen LogP contribution in [0, 0.1) is 57.2 Å². The first kappa shape index (κ1) is 28.1. The van der Waals surface area contributed by atoms with E-state index in [1.54, 1.807) is 4.90 Å². The van der Waals surface area contributed by atoms with Gasteiger partial charge < -0.3 is 4.74 Å². The normalized spacial score (nSPS) is 41.8. The Labute approximate surface area is 231 Å². The number of ether oxygens (including phenoxy) is 1. The summed E-state index contributed by atoms with van der Waals surface area (Å²) in [7, 11) is 0. The summed E-state index contributed by atoms with van der Waals surface area (Å²) in [5.41, 5.74) is -0.245. The number of amides is 2. The summed E-state index contributed by atoms with van der Waals surface area (Å²) in [6.45, 7) is 19.0. The monoisotopic (exact) mass is 527 g/mol. The molecule has 0 radical (unpaired) electrons. The van der Waals surface area contributed by atoms with Crippen molar-refractivity contribution in [1.82, 2.24) is 4.90 Å². The quantitative estimate of drug-likeness (QED) is 0.285. The lowest BCUT2D eigenvalue weighted by Gasteiger charge is -2.53. The summed E-state index contributed by atoms with van der Waals surface area (Å²) in [4.78, 5) is 39.2. The second-order valence-electron chi connectivity index (χ2n) is 15.8. The molecule has 9 atom stereocenters. The van der Waals surface area contributed by atoms with Crippen LogP contribution in [0.3, 0.4) is 0 Å². The van der Waals surface area contributed by atoms with E-state index in [1.807, 2.05) is 41.5 Å².